The van der Waals surface area contributed by atoms with Crippen LogP contribution in [0, 0.1) is 0 Å². The van der Waals surface area contributed by atoms with Gasteiger partial charge in [0.25, 0.3) is 17.7 Å². The Morgan fingerprint density at radius 2 is 2.04 bits per heavy atom. The Bertz CT molecular complexity index is 814. The quantitative estimate of drug-likeness (QED) is 0.784. The molecule has 130 valence electrons. The van der Waals surface area contributed by atoms with Gasteiger partial charge in [0.05, 0.1) is 17.5 Å². The number of carbonyl (C=O) groups is 3. The van der Waals surface area contributed by atoms with E-state index in [4.69, 9.17) is 0 Å². The van der Waals surface area contributed by atoms with E-state index in [1.54, 1.807) is 24.7 Å². The van der Waals surface area contributed by atoms with Gasteiger partial charge < -0.3 is 10.3 Å². The van der Waals surface area contributed by atoms with Crippen molar-refractivity contribution in [3.63, 3.8) is 0 Å². The fourth-order valence-electron chi connectivity index (χ4n) is 2.82. The molecule has 0 spiro atoms. The monoisotopic (exact) mass is 340 g/mol. The van der Waals surface area contributed by atoms with Crippen molar-refractivity contribution in [2.45, 2.75) is 32.7 Å². The highest BCUT2D eigenvalue weighted by Crippen LogP contribution is 2.26. The van der Waals surface area contributed by atoms with Crippen molar-refractivity contribution in [2.75, 3.05) is 6.54 Å². The highest BCUT2D eigenvalue weighted by atomic mass is 16.2. The minimum absolute atomic E-state index is 0.168. The Labute approximate surface area is 145 Å². The van der Waals surface area contributed by atoms with Gasteiger partial charge in [-0.15, -0.1) is 0 Å². The molecular formula is C18H20N4O3. The first-order valence-corrected chi connectivity index (χ1v) is 8.30. The number of imide groups is 1. The van der Waals surface area contributed by atoms with Gasteiger partial charge in [0.2, 0.25) is 0 Å². The average molecular weight is 340 g/mol. The van der Waals surface area contributed by atoms with Gasteiger partial charge in [-0.25, -0.2) is 4.98 Å². The SMILES string of the molecule is CC[C@H](C)N1C(=O)c2ccc(C(=O)NCCc3cnc[nH]3)cc2C1=O. The minimum Gasteiger partial charge on any atom is -0.352 e. The van der Waals surface area contributed by atoms with Crippen molar-refractivity contribution >= 4 is 17.7 Å². The Balaban J connectivity index is 1.71. The fraction of sp³-hybridized carbons (Fsp3) is 0.333. The molecule has 0 unspecified atom stereocenters. The van der Waals surface area contributed by atoms with E-state index in [0.29, 0.717) is 36.1 Å². The lowest BCUT2D eigenvalue weighted by molar-refractivity contribution is 0.0593. The molecule has 2 heterocycles. The number of hydrogen-bond acceptors (Lipinski definition) is 4. The lowest BCUT2D eigenvalue weighted by Gasteiger charge is -2.20. The van der Waals surface area contributed by atoms with Crippen LogP contribution in [0.15, 0.2) is 30.7 Å². The molecule has 1 aromatic heterocycles. The number of rotatable bonds is 6. The molecule has 0 aliphatic carbocycles. The Morgan fingerprint density at radius 3 is 2.72 bits per heavy atom. The number of H-pyrrole nitrogens is 1. The summed E-state index contributed by atoms with van der Waals surface area (Å²) in [4.78, 5) is 45.3. The summed E-state index contributed by atoms with van der Waals surface area (Å²) >= 11 is 0. The molecule has 2 aromatic rings. The molecule has 1 atom stereocenters. The number of carbonyl (C=O) groups excluding carboxylic acids is 3. The standard InChI is InChI=1S/C18H20N4O3/c1-3-11(2)22-17(24)14-5-4-12(8-15(14)18(22)25)16(23)20-7-6-13-9-19-10-21-13/h4-5,8-11H,3,6-7H2,1-2H3,(H,19,21)(H,20,23)/t11-/m0/s1. The van der Waals surface area contributed by atoms with Crippen LogP contribution in [0.25, 0.3) is 0 Å². The number of imidazole rings is 1. The lowest BCUT2D eigenvalue weighted by atomic mass is 10.1. The van der Waals surface area contributed by atoms with Gasteiger partial charge in [0, 0.05) is 36.5 Å². The second-order valence-electron chi connectivity index (χ2n) is 6.08. The van der Waals surface area contributed by atoms with Gasteiger partial charge in [-0.2, -0.15) is 0 Å². The van der Waals surface area contributed by atoms with Crippen molar-refractivity contribution in [3.05, 3.63) is 53.1 Å². The number of nitrogens with one attached hydrogen (secondary N) is 2. The van der Waals surface area contributed by atoms with Crippen LogP contribution in [-0.4, -0.2) is 45.2 Å². The topological polar surface area (TPSA) is 95.2 Å². The maximum atomic E-state index is 12.5. The third kappa shape index (κ3) is 3.17. The predicted molar refractivity (Wildman–Crippen MR) is 91.3 cm³/mol. The van der Waals surface area contributed by atoms with Crippen LogP contribution in [0.3, 0.4) is 0 Å². The Kier molecular flexibility index (Phi) is 4.65. The van der Waals surface area contributed by atoms with Crippen molar-refractivity contribution < 1.29 is 14.4 Å². The van der Waals surface area contributed by atoms with Crippen LogP contribution in [0.4, 0.5) is 0 Å². The van der Waals surface area contributed by atoms with E-state index in [2.05, 4.69) is 15.3 Å². The number of amides is 3. The van der Waals surface area contributed by atoms with Crippen LogP contribution in [-0.2, 0) is 6.42 Å². The first-order valence-electron chi connectivity index (χ1n) is 8.30. The van der Waals surface area contributed by atoms with Gasteiger partial charge >= 0.3 is 0 Å². The summed E-state index contributed by atoms with van der Waals surface area (Å²) < 4.78 is 0. The minimum atomic E-state index is -0.332. The van der Waals surface area contributed by atoms with Gasteiger partial charge in [-0.1, -0.05) is 6.92 Å². The van der Waals surface area contributed by atoms with Crippen LogP contribution in [0.2, 0.25) is 0 Å². The number of aromatic amines is 1. The summed E-state index contributed by atoms with van der Waals surface area (Å²) in [6.45, 7) is 4.21. The van der Waals surface area contributed by atoms with E-state index in [1.165, 1.54) is 11.0 Å². The number of nitrogens with zero attached hydrogens (tertiary/aromatic N) is 2. The molecule has 0 saturated heterocycles. The van der Waals surface area contributed by atoms with Crippen molar-refractivity contribution in [2.24, 2.45) is 0 Å². The molecule has 1 aromatic carbocycles. The summed E-state index contributed by atoms with van der Waals surface area (Å²) in [5.41, 5.74) is 1.96. The average Bonchev–Trinajstić information content (AvgIpc) is 3.21. The molecule has 3 amide bonds. The van der Waals surface area contributed by atoms with Crippen molar-refractivity contribution in [1.82, 2.24) is 20.2 Å². The summed E-state index contributed by atoms with van der Waals surface area (Å²) in [6.07, 6.45) is 4.61. The molecule has 3 rings (SSSR count). The summed E-state index contributed by atoms with van der Waals surface area (Å²) in [5, 5.41) is 2.80. The first-order chi connectivity index (χ1) is 12.0. The van der Waals surface area contributed by atoms with Crippen LogP contribution >= 0.6 is 0 Å². The third-order valence-electron chi connectivity index (χ3n) is 4.45. The van der Waals surface area contributed by atoms with Crippen molar-refractivity contribution in [3.8, 4) is 0 Å². The predicted octanol–water partition coefficient (Wildman–Crippen LogP) is 1.78. The number of fused-ring (bicyclic) bond motifs is 1. The summed E-state index contributed by atoms with van der Waals surface area (Å²) in [6, 6.07) is 4.47. The van der Waals surface area contributed by atoms with Crippen LogP contribution in [0.1, 0.15) is 57.0 Å². The van der Waals surface area contributed by atoms with E-state index in [0.717, 1.165) is 5.69 Å². The molecule has 1 aliphatic heterocycles. The van der Waals surface area contributed by atoms with Crippen LogP contribution in [0.5, 0.6) is 0 Å². The van der Waals surface area contributed by atoms with E-state index in [9.17, 15) is 14.4 Å². The normalized spacial score (nSPS) is 14.6. The van der Waals surface area contributed by atoms with Gasteiger partial charge in [0.1, 0.15) is 0 Å². The number of benzene rings is 1. The molecule has 7 nitrogen and oxygen atoms in total. The van der Waals surface area contributed by atoms with E-state index < -0.39 is 0 Å². The second kappa shape index (κ2) is 6.88. The second-order valence-corrected chi connectivity index (χ2v) is 6.08. The molecule has 2 N–H and O–H groups in total. The largest absolute Gasteiger partial charge is 0.352 e. The molecule has 0 bridgehead atoms. The zero-order valence-electron chi connectivity index (χ0n) is 14.2. The van der Waals surface area contributed by atoms with E-state index in [1.807, 2.05) is 13.8 Å². The highest BCUT2D eigenvalue weighted by Gasteiger charge is 2.38. The number of hydrogen-bond donors (Lipinski definition) is 2. The first kappa shape index (κ1) is 16.9. The van der Waals surface area contributed by atoms with Gasteiger partial charge in [-0.3, -0.25) is 19.3 Å². The molecule has 0 saturated carbocycles. The lowest BCUT2D eigenvalue weighted by Crippen LogP contribution is -2.37. The summed E-state index contributed by atoms with van der Waals surface area (Å²) in [5.74, 6) is -0.897. The fourth-order valence-corrected chi connectivity index (χ4v) is 2.82. The highest BCUT2D eigenvalue weighted by molar-refractivity contribution is 6.22. The Hall–Kier alpha value is -2.96. The van der Waals surface area contributed by atoms with Gasteiger partial charge in [-0.05, 0) is 31.5 Å². The van der Waals surface area contributed by atoms with Crippen LogP contribution < -0.4 is 5.32 Å². The van der Waals surface area contributed by atoms with Gasteiger partial charge in [0.15, 0.2) is 0 Å². The maximum absolute atomic E-state index is 12.5. The summed E-state index contributed by atoms with van der Waals surface area (Å²) in [7, 11) is 0. The third-order valence-corrected chi connectivity index (χ3v) is 4.45. The molecular weight excluding hydrogens is 320 g/mol. The zero-order chi connectivity index (χ0) is 18.0. The molecule has 0 fully saturated rings. The zero-order valence-corrected chi connectivity index (χ0v) is 14.2. The molecule has 7 heteroatoms. The maximum Gasteiger partial charge on any atom is 0.261 e. The van der Waals surface area contributed by atoms with E-state index >= 15 is 0 Å². The number of aromatic nitrogens is 2. The molecule has 0 radical (unpaired) electrons. The van der Waals surface area contributed by atoms with Crippen molar-refractivity contribution in [1.29, 1.82) is 0 Å². The van der Waals surface area contributed by atoms with E-state index in [-0.39, 0.29) is 23.8 Å². The Morgan fingerprint density at radius 1 is 1.28 bits per heavy atom. The molecule has 1 aliphatic rings. The smallest absolute Gasteiger partial charge is 0.261 e. The molecule has 25 heavy (non-hydrogen) atoms.